The van der Waals surface area contributed by atoms with E-state index >= 15 is 0 Å². The van der Waals surface area contributed by atoms with Crippen LogP contribution in [0.3, 0.4) is 0 Å². The summed E-state index contributed by atoms with van der Waals surface area (Å²) in [5.74, 6) is 0.988. The van der Waals surface area contributed by atoms with Gasteiger partial charge in [0, 0.05) is 50.9 Å². The molecule has 2 saturated heterocycles. The van der Waals surface area contributed by atoms with Crippen molar-refractivity contribution in [3.63, 3.8) is 0 Å². The molecule has 160 valence electrons. The summed E-state index contributed by atoms with van der Waals surface area (Å²) in [5, 5.41) is 3.14. The summed E-state index contributed by atoms with van der Waals surface area (Å²) in [6, 6.07) is 4.46. The first-order valence-electron chi connectivity index (χ1n) is 11.3. The van der Waals surface area contributed by atoms with Crippen LogP contribution in [0.25, 0.3) is 0 Å². The van der Waals surface area contributed by atoms with Crippen LogP contribution in [0.15, 0.2) is 24.5 Å². The molecular formula is C23H36N4O2. The summed E-state index contributed by atoms with van der Waals surface area (Å²) in [6.45, 7) is 6.87. The quantitative estimate of drug-likeness (QED) is 0.692. The van der Waals surface area contributed by atoms with Crippen LogP contribution in [0.4, 0.5) is 0 Å². The molecule has 0 aromatic carbocycles. The number of carbonyl (C=O) groups is 2. The second kappa shape index (κ2) is 11.3. The summed E-state index contributed by atoms with van der Waals surface area (Å²) in [4.78, 5) is 33.2. The van der Waals surface area contributed by atoms with Crippen LogP contribution >= 0.6 is 0 Å². The lowest BCUT2D eigenvalue weighted by molar-refractivity contribution is -0.132. The minimum absolute atomic E-state index is 0.184. The molecular weight excluding hydrogens is 364 g/mol. The van der Waals surface area contributed by atoms with E-state index in [0.29, 0.717) is 24.8 Å². The fraction of sp³-hybridized carbons (Fsp3) is 0.696. The number of likely N-dealkylation sites (tertiary alicyclic amines) is 2. The van der Waals surface area contributed by atoms with Crippen molar-refractivity contribution in [3.8, 4) is 0 Å². The van der Waals surface area contributed by atoms with Gasteiger partial charge in [0.1, 0.15) is 0 Å². The predicted octanol–water partition coefficient (Wildman–Crippen LogP) is 2.63. The Balaban J connectivity index is 1.28. The van der Waals surface area contributed by atoms with Gasteiger partial charge in [-0.2, -0.15) is 0 Å². The van der Waals surface area contributed by atoms with Crippen LogP contribution in [0, 0.1) is 5.92 Å². The van der Waals surface area contributed by atoms with Crippen molar-refractivity contribution in [2.75, 3.05) is 32.7 Å². The predicted molar refractivity (Wildman–Crippen MR) is 114 cm³/mol. The van der Waals surface area contributed by atoms with E-state index in [1.807, 2.05) is 17.0 Å². The van der Waals surface area contributed by atoms with E-state index in [0.717, 1.165) is 64.0 Å². The molecule has 29 heavy (non-hydrogen) atoms. The van der Waals surface area contributed by atoms with E-state index in [1.165, 1.54) is 12.8 Å². The number of rotatable bonds is 9. The van der Waals surface area contributed by atoms with Gasteiger partial charge in [-0.05, 0) is 75.2 Å². The van der Waals surface area contributed by atoms with E-state index in [4.69, 9.17) is 0 Å². The van der Waals surface area contributed by atoms with Gasteiger partial charge in [0.05, 0.1) is 0 Å². The zero-order valence-corrected chi connectivity index (χ0v) is 17.8. The fourth-order valence-electron chi connectivity index (χ4n) is 4.63. The average Bonchev–Trinajstić information content (AvgIpc) is 3.23. The first-order chi connectivity index (χ1) is 14.2. The van der Waals surface area contributed by atoms with Gasteiger partial charge in [-0.3, -0.25) is 19.5 Å². The Hall–Kier alpha value is -1.95. The molecule has 1 aromatic heterocycles. The maximum atomic E-state index is 12.4. The lowest BCUT2D eigenvalue weighted by Crippen LogP contribution is -2.40. The van der Waals surface area contributed by atoms with Crippen molar-refractivity contribution in [3.05, 3.63) is 30.1 Å². The second-order valence-corrected chi connectivity index (χ2v) is 8.45. The topological polar surface area (TPSA) is 65.5 Å². The molecule has 0 radical (unpaired) electrons. The number of carbonyl (C=O) groups excluding carboxylic acids is 2. The molecule has 6 heteroatoms. The molecule has 6 nitrogen and oxygen atoms in total. The van der Waals surface area contributed by atoms with Gasteiger partial charge in [0.15, 0.2) is 0 Å². The van der Waals surface area contributed by atoms with Crippen LogP contribution in [0.5, 0.6) is 0 Å². The number of amides is 2. The molecule has 1 unspecified atom stereocenters. The molecule has 1 aromatic rings. The molecule has 1 atom stereocenters. The number of nitrogens with zero attached hydrogens (tertiary/aromatic N) is 3. The smallest absolute Gasteiger partial charge is 0.222 e. The van der Waals surface area contributed by atoms with Gasteiger partial charge in [0.25, 0.3) is 0 Å². The first kappa shape index (κ1) is 21.8. The zero-order valence-electron chi connectivity index (χ0n) is 17.8. The van der Waals surface area contributed by atoms with Crippen molar-refractivity contribution in [2.45, 2.75) is 64.3 Å². The van der Waals surface area contributed by atoms with Gasteiger partial charge in [0.2, 0.25) is 11.8 Å². The normalized spacial score (nSPS) is 20.7. The largest absolute Gasteiger partial charge is 0.355 e. The van der Waals surface area contributed by atoms with E-state index < -0.39 is 0 Å². The Labute approximate surface area is 175 Å². The summed E-state index contributed by atoms with van der Waals surface area (Å²) in [7, 11) is 0. The van der Waals surface area contributed by atoms with Crippen molar-refractivity contribution >= 4 is 11.8 Å². The molecule has 2 amide bonds. The minimum atomic E-state index is 0.184. The molecule has 0 spiro atoms. The molecule has 3 heterocycles. The highest BCUT2D eigenvalue weighted by Crippen LogP contribution is 2.23. The average molecular weight is 401 g/mol. The molecule has 3 rings (SSSR count). The highest BCUT2D eigenvalue weighted by atomic mass is 16.2. The van der Waals surface area contributed by atoms with Crippen molar-refractivity contribution in [2.24, 2.45) is 5.92 Å². The fourth-order valence-corrected chi connectivity index (χ4v) is 4.63. The first-order valence-corrected chi connectivity index (χ1v) is 11.3. The third-order valence-electron chi connectivity index (χ3n) is 6.56. The van der Waals surface area contributed by atoms with Crippen LogP contribution in [-0.2, 0) is 16.0 Å². The standard InChI is InChI=1S/C23H36N4O2/c1-2-26-15-3-4-21(26)18-25-22(28)7-5-20-11-16-27(17-12-20)23(29)8-6-19-9-13-24-14-10-19/h9-10,13-14,20-21H,2-8,11-12,15-18H2,1H3,(H,25,28). The van der Waals surface area contributed by atoms with Crippen molar-refractivity contribution < 1.29 is 9.59 Å². The minimum Gasteiger partial charge on any atom is -0.355 e. The number of likely N-dealkylation sites (N-methyl/N-ethyl adjacent to an activating group) is 1. The molecule has 0 aliphatic carbocycles. The zero-order chi connectivity index (χ0) is 20.5. The van der Waals surface area contributed by atoms with Crippen molar-refractivity contribution in [1.29, 1.82) is 0 Å². The number of aryl methyl sites for hydroxylation is 1. The van der Waals surface area contributed by atoms with E-state index in [1.54, 1.807) is 12.4 Å². The summed E-state index contributed by atoms with van der Waals surface area (Å²) in [5.41, 5.74) is 1.16. The summed E-state index contributed by atoms with van der Waals surface area (Å²) >= 11 is 0. The molecule has 0 bridgehead atoms. The van der Waals surface area contributed by atoms with Crippen LogP contribution in [0.2, 0.25) is 0 Å². The third-order valence-corrected chi connectivity index (χ3v) is 6.56. The highest BCUT2D eigenvalue weighted by molar-refractivity contribution is 5.76. The van der Waals surface area contributed by atoms with Crippen LogP contribution in [0.1, 0.15) is 57.4 Å². The van der Waals surface area contributed by atoms with Gasteiger partial charge in [-0.1, -0.05) is 6.92 Å². The number of piperidine rings is 1. The van der Waals surface area contributed by atoms with Gasteiger partial charge in [-0.15, -0.1) is 0 Å². The molecule has 2 fully saturated rings. The number of pyridine rings is 1. The number of aromatic nitrogens is 1. The van der Waals surface area contributed by atoms with Crippen LogP contribution < -0.4 is 5.32 Å². The third kappa shape index (κ3) is 6.81. The maximum absolute atomic E-state index is 12.4. The molecule has 0 saturated carbocycles. The van der Waals surface area contributed by atoms with Gasteiger partial charge >= 0.3 is 0 Å². The Morgan fingerprint density at radius 1 is 1.10 bits per heavy atom. The number of hydrogen-bond acceptors (Lipinski definition) is 4. The van der Waals surface area contributed by atoms with Gasteiger partial charge in [-0.25, -0.2) is 0 Å². The van der Waals surface area contributed by atoms with Crippen molar-refractivity contribution in [1.82, 2.24) is 20.1 Å². The number of nitrogens with one attached hydrogen (secondary N) is 1. The van der Waals surface area contributed by atoms with Crippen LogP contribution in [-0.4, -0.2) is 65.4 Å². The van der Waals surface area contributed by atoms with E-state index in [9.17, 15) is 9.59 Å². The van der Waals surface area contributed by atoms with Gasteiger partial charge < -0.3 is 10.2 Å². The Bertz CT molecular complexity index is 644. The molecule has 2 aliphatic heterocycles. The maximum Gasteiger partial charge on any atom is 0.222 e. The Morgan fingerprint density at radius 3 is 2.59 bits per heavy atom. The monoisotopic (exact) mass is 400 g/mol. The second-order valence-electron chi connectivity index (χ2n) is 8.45. The Kier molecular flexibility index (Phi) is 8.47. The summed E-state index contributed by atoms with van der Waals surface area (Å²) < 4.78 is 0. The number of hydrogen-bond donors (Lipinski definition) is 1. The highest BCUT2D eigenvalue weighted by Gasteiger charge is 2.25. The SMILES string of the molecule is CCN1CCCC1CNC(=O)CCC1CCN(C(=O)CCc2ccncc2)CC1. The van der Waals surface area contributed by atoms with E-state index in [2.05, 4.69) is 22.1 Å². The lowest BCUT2D eigenvalue weighted by Gasteiger charge is -2.32. The molecule has 1 N–H and O–H groups in total. The van der Waals surface area contributed by atoms with E-state index in [-0.39, 0.29) is 11.8 Å². The Morgan fingerprint density at radius 2 is 1.86 bits per heavy atom. The summed E-state index contributed by atoms with van der Waals surface area (Å²) in [6.07, 6.45) is 10.9. The molecule has 2 aliphatic rings. The lowest BCUT2D eigenvalue weighted by atomic mass is 9.91.